The molecule has 160 valence electrons. The molecule has 0 aromatic heterocycles. The van der Waals surface area contributed by atoms with E-state index in [1.165, 1.54) is 27.8 Å². The van der Waals surface area contributed by atoms with E-state index in [0.717, 1.165) is 17.9 Å². The summed E-state index contributed by atoms with van der Waals surface area (Å²) in [5, 5.41) is 0. The van der Waals surface area contributed by atoms with Crippen molar-refractivity contribution in [3.63, 3.8) is 0 Å². The van der Waals surface area contributed by atoms with Crippen LogP contribution in [0, 0.1) is 0 Å². The average Bonchev–Trinajstić information content (AvgIpc) is 3.15. The second-order valence-electron chi connectivity index (χ2n) is 8.73. The molecule has 1 aliphatic carbocycles. The second kappa shape index (κ2) is 7.87. The molecule has 0 saturated heterocycles. The second-order valence-corrected chi connectivity index (χ2v) is 8.73. The molecule has 2 unspecified atom stereocenters. The van der Waals surface area contributed by atoms with Gasteiger partial charge < -0.3 is 9.47 Å². The topological polar surface area (TPSA) is 18.5 Å². The summed E-state index contributed by atoms with van der Waals surface area (Å²) in [4.78, 5) is 0. The Kier molecular flexibility index (Phi) is 5.01. The molecule has 0 spiro atoms. The fourth-order valence-corrected chi connectivity index (χ4v) is 5.77. The summed E-state index contributed by atoms with van der Waals surface area (Å²) in [6, 6.07) is 36.6. The standard InChI is InChI=1S/C30H28O2/c1-29(25-17-9-11-19-27(25)31-2)21-30(22-13-5-4-6-14-22,24-16-8-7-15-23(24)29)26-18-10-12-20-28(26)32-3/h4-20H,21H2,1-3H3. The smallest absolute Gasteiger partial charge is 0.123 e. The van der Waals surface area contributed by atoms with Crippen molar-refractivity contribution in [3.8, 4) is 11.5 Å². The lowest BCUT2D eigenvalue weighted by Crippen LogP contribution is -2.31. The number of hydrogen-bond acceptors (Lipinski definition) is 2. The average molecular weight is 421 g/mol. The van der Waals surface area contributed by atoms with Crippen LogP contribution in [-0.4, -0.2) is 14.2 Å². The molecule has 0 aliphatic heterocycles. The van der Waals surface area contributed by atoms with Crippen molar-refractivity contribution in [3.05, 3.63) is 131 Å². The molecule has 0 bridgehead atoms. The van der Waals surface area contributed by atoms with E-state index >= 15 is 0 Å². The molecule has 32 heavy (non-hydrogen) atoms. The van der Waals surface area contributed by atoms with Crippen molar-refractivity contribution in [2.24, 2.45) is 0 Å². The van der Waals surface area contributed by atoms with Gasteiger partial charge in [0.1, 0.15) is 11.5 Å². The molecule has 2 heteroatoms. The normalized spacial score (nSPS) is 21.7. The largest absolute Gasteiger partial charge is 0.496 e. The predicted octanol–water partition coefficient (Wildman–Crippen LogP) is 6.75. The van der Waals surface area contributed by atoms with Gasteiger partial charge >= 0.3 is 0 Å². The van der Waals surface area contributed by atoms with Gasteiger partial charge in [-0.3, -0.25) is 0 Å². The zero-order valence-corrected chi connectivity index (χ0v) is 18.8. The Morgan fingerprint density at radius 2 is 1.00 bits per heavy atom. The quantitative estimate of drug-likeness (QED) is 0.356. The number of methoxy groups -OCH3 is 2. The maximum Gasteiger partial charge on any atom is 0.123 e. The molecular formula is C30H28O2. The summed E-state index contributed by atoms with van der Waals surface area (Å²) >= 11 is 0. The van der Waals surface area contributed by atoms with E-state index in [-0.39, 0.29) is 10.8 Å². The lowest BCUT2D eigenvalue weighted by Gasteiger charge is -2.36. The van der Waals surface area contributed by atoms with Crippen molar-refractivity contribution in [1.82, 2.24) is 0 Å². The van der Waals surface area contributed by atoms with Gasteiger partial charge in [-0.2, -0.15) is 0 Å². The van der Waals surface area contributed by atoms with Gasteiger partial charge in [-0.15, -0.1) is 0 Å². The molecule has 0 radical (unpaired) electrons. The monoisotopic (exact) mass is 420 g/mol. The molecule has 4 aromatic carbocycles. The molecule has 0 N–H and O–H groups in total. The SMILES string of the molecule is COc1ccccc1C1(C)CC(c2ccccc2)(c2ccccc2OC)c2ccccc21. The van der Waals surface area contributed by atoms with Crippen molar-refractivity contribution in [2.75, 3.05) is 14.2 Å². The first-order valence-corrected chi connectivity index (χ1v) is 11.1. The van der Waals surface area contributed by atoms with Crippen molar-refractivity contribution < 1.29 is 9.47 Å². The van der Waals surface area contributed by atoms with Crippen LogP contribution in [-0.2, 0) is 10.8 Å². The van der Waals surface area contributed by atoms with Gasteiger partial charge in [0, 0.05) is 16.5 Å². The van der Waals surface area contributed by atoms with Gasteiger partial charge in [0.05, 0.1) is 19.6 Å². The summed E-state index contributed by atoms with van der Waals surface area (Å²) in [5.74, 6) is 1.84. The molecule has 0 heterocycles. The van der Waals surface area contributed by atoms with E-state index < -0.39 is 0 Å². The molecule has 0 amide bonds. The Morgan fingerprint density at radius 1 is 0.531 bits per heavy atom. The number of ether oxygens (including phenoxy) is 2. The zero-order chi connectivity index (χ0) is 22.2. The number of hydrogen-bond donors (Lipinski definition) is 0. The molecule has 2 nitrogen and oxygen atoms in total. The molecule has 2 atom stereocenters. The third-order valence-corrected chi connectivity index (χ3v) is 7.13. The third-order valence-electron chi connectivity index (χ3n) is 7.13. The highest BCUT2D eigenvalue weighted by Gasteiger charge is 2.54. The molecular weight excluding hydrogens is 392 g/mol. The van der Waals surface area contributed by atoms with Crippen LogP contribution in [0.3, 0.4) is 0 Å². The van der Waals surface area contributed by atoms with Gasteiger partial charge in [0.25, 0.3) is 0 Å². The minimum Gasteiger partial charge on any atom is -0.496 e. The van der Waals surface area contributed by atoms with Crippen molar-refractivity contribution >= 4 is 0 Å². The zero-order valence-electron chi connectivity index (χ0n) is 18.8. The Bertz CT molecular complexity index is 1250. The minimum atomic E-state index is -0.347. The third kappa shape index (κ3) is 2.86. The van der Waals surface area contributed by atoms with Crippen LogP contribution in [0.1, 0.15) is 41.2 Å². The Hall–Kier alpha value is -3.52. The van der Waals surface area contributed by atoms with E-state index in [2.05, 4.69) is 97.9 Å². The maximum absolute atomic E-state index is 5.91. The first-order valence-electron chi connectivity index (χ1n) is 11.1. The van der Waals surface area contributed by atoms with Crippen LogP contribution < -0.4 is 9.47 Å². The van der Waals surface area contributed by atoms with E-state index in [9.17, 15) is 0 Å². The fraction of sp³-hybridized carbons (Fsp3) is 0.200. The molecule has 1 aliphatic rings. The van der Waals surface area contributed by atoms with Gasteiger partial charge in [-0.25, -0.2) is 0 Å². The van der Waals surface area contributed by atoms with Gasteiger partial charge in [-0.05, 0) is 35.2 Å². The highest BCUT2D eigenvalue weighted by Crippen LogP contribution is 2.60. The van der Waals surface area contributed by atoms with Crippen LogP contribution in [0.5, 0.6) is 11.5 Å². The van der Waals surface area contributed by atoms with Crippen molar-refractivity contribution in [1.29, 1.82) is 0 Å². The van der Waals surface area contributed by atoms with Gasteiger partial charge in [0.2, 0.25) is 0 Å². The molecule has 4 aromatic rings. The summed E-state index contributed by atoms with van der Waals surface area (Å²) in [6.07, 6.45) is 0.879. The van der Waals surface area contributed by atoms with Crippen LogP contribution in [0.15, 0.2) is 103 Å². The molecule has 5 rings (SSSR count). The maximum atomic E-state index is 5.91. The Labute approximate surface area is 190 Å². The lowest BCUT2D eigenvalue weighted by molar-refractivity contribution is 0.379. The Balaban J connectivity index is 1.87. The highest BCUT2D eigenvalue weighted by atomic mass is 16.5. The molecule has 0 fully saturated rings. The fourth-order valence-electron chi connectivity index (χ4n) is 5.77. The lowest BCUT2D eigenvalue weighted by atomic mass is 9.67. The summed E-state index contributed by atoms with van der Waals surface area (Å²) < 4.78 is 11.8. The van der Waals surface area contributed by atoms with E-state index in [4.69, 9.17) is 9.47 Å². The highest BCUT2D eigenvalue weighted by molar-refractivity contribution is 5.65. The van der Waals surface area contributed by atoms with Crippen LogP contribution in [0.25, 0.3) is 0 Å². The van der Waals surface area contributed by atoms with E-state index in [1.54, 1.807) is 14.2 Å². The van der Waals surface area contributed by atoms with E-state index in [0.29, 0.717) is 0 Å². The molecule has 0 saturated carbocycles. The minimum absolute atomic E-state index is 0.236. The first kappa shape index (κ1) is 20.4. The van der Waals surface area contributed by atoms with Crippen LogP contribution in [0.2, 0.25) is 0 Å². The number of benzene rings is 4. The van der Waals surface area contributed by atoms with E-state index in [1.807, 2.05) is 12.1 Å². The Morgan fingerprint density at radius 3 is 1.62 bits per heavy atom. The van der Waals surface area contributed by atoms with Crippen LogP contribution >= 0.6 is 0 Å². The van der Waals surface area contributed by atoms with Gasteiger partial charge in [-0.1, -0.05) is 97.9 Å². The number of para-hydroxylation sites is 2. The summed E-state index contributed by atoms with van der Waals surface area (Å²) in [6.45, 7) is 2.35. The summed E-state index contributed by atoms with van der Waals surface area (Å²) in [5.41, 5.74) is 5.75. The van der Waals surface area contributed by atoms with Crippen molar-refractivity contribution in [2.45, 2.75) is 24.2 Å². The summed E-state index contributed by atoms with van der Waals surface area (Å²) in [7, 11) is 3.52. The number of fused-ring (bicyclic) bond motifs is 1. The number of rotatable bonds is 5. The van der Waals surface area contributed by atoms with Crippen LogP contribution in [0.4, 0.5) is 0 Å². The predicted molar refractivity (Wildman–Crippen MR) is 130 cm³/mol. The van der Waals surface area contributed by atoms with Gasteiger partial charge in [0.15, 0.2) is 0 Å². The first-order chi connectivity index (χ1) is 15.6.